The van der Waals surface area contributed by atoms with Crippen LogP contribution in [0.2, 0.25) is 0 Å². The van der Waals surface area contributed by atoms with Gasteiger partial charge in [-0.05, 0) is 42.3 Å². The van der Waals surface area contributed by atoms with Gasteiger partial charge < -0.3 is 24.2 Å². The Morgan fingerprint density at radius 3 is 2.63 bits per heavy atom. The van der Waals surface area contributed by atoms with Gasteiger partial charge in [-0.15, -0.1) is 0 Å². The second kappa shape index (κ2) is 10.7. The van der Waals surface area contributed by atoms with Crippen LogP contribution >= 0.6 is 0 Å². The SMILES string of the molecule is CN1CCN(C(=O)CN2Cc3cc(C=CC(=O)N(C)Cc4cc5ccccc5n4C)cnc3NC2=O)CC1. The van der Waals surface area contributed by atoms with Crippen molar-refractivity contribution in [3.63, 3.8) is 0 Å². The molecule has 3 aromatic rings. The van der Waals surface area contributed by atoms with Gasteiger partial charge in [-0.2, -0.15) is 0 Å². The van der Waals surface area contributed by atoms with Crippen LogP contribution in [0.25, 0.3) is 17.0 Å². The summed E-state index contributed by atoms with van der Waals surface area (Å²) in [6.45, 7) is 3.78. The number of urea groups is 1. The minimum Gasteiger partial charge on any atom is -0.346 e. The van der Waals surface area contributed by atoms with Crippen molar-refractivity contribution in [2.45, 2.75) is 13.1 Å². The average molecular weight is 516 g/mol. The summed E-state index contributed by atoms with van der Waals surface area (Å²) in [5.74, 6) is 0.302. The molecule has 0 atom stereocenters. The van der Waals surface area contributed by atoms with Crippen LogP contribution in [0.15, 0.2) is 48.7 Å². The van der Waals surface area contributed by atoms with Gasteiger partial charge in [0.05, 0.1) is 13.1 Å². The Kier molecular flexibility index (Phi) is 7.15. The molecule has 10 nitrogen and oxygen atoms in total. The summed E-state index contributed by atoms with van der Waals surface area (Å²) in [7, 11) is 5.82. The smallest absolute Gasteiger partial charge is 0.323 e. The number of anilines is 1. The van der Waals surface area contributed by atoms with Crippen LogP contribution in [0.4, 0.5) is 10.6 Å². The Balaban J connectivity index is 1.21. The molecule has 0 unspecified atom stereocenters. The van der Waals surface area contributed by atoms with Crippen LogP contribution in [0.3, 0.4) is 0 Å². The number of hydrogen-bond acceptors (Lipinski definition) is 5. The number of amides is 4. The minimum absolute atomic E-state index is 0.0203. The third kappa shape index (κ3) is 5.40. The number of piperazine rings is 1. The monoisotopic (exact) mass is 515 g/mol. The lowest BCUT2D eigenvalue weighted by Crippen LogP contribution is -2.51. The first-order valence-corrected chi connectivity index (χ1v) is 12.8. The topological polar surface area (TPSA) is 94.0 Å². The van der Waals surface area contributed by atoms with E-state index in [0.717, 1.165) is 40.8 Å². The van der Waals surface area contributed by atoms with Gasteiger partial charge in [0, 0.05) is 69.3 Å². The number of fused-ring (bicyclic) bond motifs is 2. The maximum Gasteiger partial charge on any atom is 0.323 e. The Bertz CT molecular complexity index is 1400. The van der Waals surface area contributed by atoms with E-state index in [9.17, 15) is 14.4 Å². The van der Waals surface area contributed by atoms with E-state index in [2.05, 4.69) is 38.0 Å². The number of para-hydroxylation sites is 1. The fourth-order valence-corrected chi connectivity index (χ4v) is 4.87. The summed E-state index contributed by atoms with van der Waals surface area (Å²) >= 11 is 0. The zero-order chi connectivity index (χ0) is 26.8. The van der Waals surface area contributed by atoms with E-state index in [1.807, 2.05) is 32.3 Å². The van der Waals surface area contributed by atoms with Crippen LogP contribution < -0.4 is 5.32 Å². The highest BCUT2D eigenvalue weighted by atomic mass is 16.2. The minimum atomic E-state index is -0.332. The normalized spacial score (nSPS) is 16.1. The first-order valence-electron chi connectivity index (χ1n) is 12.8. The molecule has 0 saturated carbocycles. The highest BCUT2D eigenvalue weighted by molar-refractivity contribution is 5.94. The van der Waals surface area contributed by atoms with E-state index in [4.69, 9.17) is 0 Å². The van der Waals surface area contributed by atoms with Crippen LogP contribution in [-0.2, 0) is 29.7 Å². The maximum absolute atomic E-state index is 12.8. The number of benzene rings is 1. The number of likely N-dealkylation sites (N-methyl/N-ethyl adjacent to an activating group) is 2. The second-order valence-electron chi connectivity index (χ2n) is 10.0. The second-order valence-corrected chi connectivity index (χ2v) is 10.0. The van der Waals surface area contributed by atoms with Crippen molar-refractivity contribution in [2.75, 3.05) is 52.1 Å². The first kappa shape index (κ1) is 25.5. The molecule has 0 bridgehead atoms. The van der Waals surface area contributed by atoms with Gasteiger partial charge in [0.2, 0.25) is 11.8 Å². The molecule has 4 heterocycles. The molecule has 5 rings (SSSR count). The van der Waals surface area contributed by atoms with Crippen molar-refractivity contribution in [1.82, 2.24) is 29.2 Å². The molecule has 2 aromatic heterocycles. The number of nitrogens with one attached hydrogen (secondary N) is 1. The fourth-order valence-electron chi connectivity index (χ4n) is 4.87. The molecule has 0 aliphatic carbocycles. The predicted octanol–water partition coefficient (Wildman–Crippen LogP) is 2.37. The van der Waals surface area contributed by atoms with Gasteiger partial charge in [-0.3, -0.25) is 14.9 Å². The van der Waals surface area contributed by atoms with Gasteiger partial charge >= 0.3 is 6.03 Å². The number of carbonyl (C=O) groups is 3. The van der Waals surface area contributed by atoms with Gasteiger partial charge in [0.15, 0.2) is 0 Å². The Hall–Kier alpha value is -4.18. The number of pyridine rings is 1. The third-order valence-electron chi connectivity index (χ3n) is 7.29. The quantitative estimate of drug-likeness (QED) is 0.509. The van der Waals surface area contributed by atoms with Crippen molar-refractivity contribution in [1.29, 1.82) is 0 Å². The molecule has 1 aromatic carbocycles. The Labute approximate surface area is 222 Å². The van der Waals surface area contributed by atoms with Crippen molar-refractivity contribution in [3.05, 3.63) is 65.5 Å². The summed E-state index contributed by atoms with van der Waals surface area (Å²) in [6, 6.07) is 11.8. The van der Waals surface area contributed by atoms with Crippen LogP contribution in [-0.4, -0.2) is 93.8 Å². The zero-order valence-electron chi connectivity index (χ0n) is 22.1. The Morgan fingerprint density at radius 1 is 1.11 bits per heavy atom. The molecule has 38 heavy (non-hydrogen) atoms. The van der Waals surface area contributed by atoms with Gasteiger partial charge in [-0.1, -0.05) is 18.2 Å². The lowest BCUT2D eigenvalue weighted by atomic mass is 10.1. The first-order chi connectivity index (χ1) is 18.3. The molecular formula is C28H33N7O3. The molecule has 1 N–H and O–H groups in total. The fraction of sp³-hybridized carbons (Fsp3) is 0.357. The summed E-state index contributed by atoms with van der Waals surface area (Å²) in [6.07, 6.45) is 4.88. The summed E-state index contributed by atoms with van der Waals surface area (Å²) < 4.78 is 2.10. The summed E-state index contributed by atoms with van der Waals surface area (Å²) in [5.41, 5.74) is 3.73. The van der Waals surface area contributed by atoms with Crippen LogP contribution in [0.5, 0.6) is 0 Å². The van der Waals surface area contributed by atoms with Crippen molar-refractivity contribution in [3.8, 4) is 0 Å². The molecule has 1 saturated heterocycles. The molecule has 4 amide bonds. The van der Waals surface area contributed by atoms with Crippen molar-refractivity contribution >= 4 is 40.6 Å². The van der Waals surface area contributed by atoms with E-state index < -0.39 is 0 Å². The van der Waals surface area contributed by atoms with E-state index in [1.54, 1.807) is 29.1 Å². The molecule has 0 radical (unpaired) electrons. The van der Waals surface area contributed by atoms with E-state index in [0.29, 0.717) is 25.5 Å². The largest absolute Gasteiger partial charge is 0.346 e. The molecule has 1 fully saturated rings. The Morgan fingerprint density at radius 2 is 1.87 bits per heavy atom. The number of nitrogens with zero attached hydrogens (tertiary/aromatic N) is 6. The number of rotatable bonds is 6. The molecule has 2 aliphatic rings. The van der Waals surface area contributed by atoms with Gasteiger partial charge in [0.25, 0.3) is 0 Å². The predicted molar refractivity (Wildman–Crippen MR) is 146 cm³/mol. The van der Waals surface area contributed by atoms with E-state index in [-0.39, 0.29) is 30.9 Å². The number of aromatic nitrogens is 2. The molecule has 0 spiro atoms. The third-order valence-corrected chi connectivity index (χ3v) is 7.29. The van der Waals surface area contributed by atoms with E-state index >= 15 is 0 Å². The molecule has 2 aliphatic heterocycles. The molecular weight excluding hydrogens is 482 g/mol. The van der Waals surface area contributed by atoms with Crippen molar-refractivity contribution < 1.29 is 14.4 Å². The lowest BCUT2D eigenvalue weighted by molar-refractivity contribution is -0.133. The number of aryl methyl sites for hydroxylation is 1. The van der Waals surface area contributed by atoms with Crippen LogP contribution in [0, 0.1) is 0 Å². The molecule has 198 valence electrons. The van der Waals surface area contributed by atoms with Crippen LogP contribution in [0.1, 0.15) is 16.8 Å². The van der Waals surface area contributed by atoms with Gasteiger partial charge in [-0.25, -0.2) is 9.78 Å². The number of carbonyl (C=O) groups excluding carboxylic acids is 3. The summed E-state index contributed by atoms with van der Waals surface area (Å²) in [4.78, 5) is 49.7. The zero-order valence-corrected chi connectivity index (χ0v) is 22.1. The van der Waals surface area contributed by atoms with E-state index in [1.165, 1.54) is 11.0 Å². The van der Waals surface area contributed by atoms with Crippen molar-refractivity contribution in [2.24, 2.45) is 7.05 Å². The highest BCUT2D eigenvalue weighted by Gasteiger charge is 2.28. The standard InChI is InChI=1S/C28H33N7O3/c1-31-10-12-34(13-11-31)26(37)19-35-17-22-14-20(16-29-27(22)30-28(35)38)8-9-25(36)32(2)18-23-15-21-6-4-5-7-24(21)33(23)3/h4-9,14-16H,10-13,17-19H2,1-3H3,(H,29,30,38). The maximum atomic E-state index is 12.8. The average Bonchev–Trinajstić information content (AvgIpc) is 3.23. The van der Waals surface area contributed by atoms with Gasteiger partial charge in [0.1, 0.15) is 12.4 Å². The summed E-state index contributed by atoms with van der Waals surface area (Å²) in [5, 5.41) is 3.92. The highest BCUT2D eigenvalue weighted by Crippen LogP contribution is 2.23. The molecule has 10 heteroatoms. The number of hydrogen-bond donors (Lipinski definition) is 1. The lowest BCUT2D eigenvalue weighted by Gasteiger charge is -2.35.